The van der Waals surface area contributed by atoms with Gasteiger partial charge in [-0.3, -0.25) is 4.79 Å². The van der Waals surface area contributed by atoms with Crippen molar-refractivity contribution in [3.05, 3.63) is 18.2 Å². The summed E-state index contributed by atoms with van der Waals surface area (Å²) >= 11 is 0. The average molecular weight is 301 g/mol. The van der Waals surface area contributed by atoms with Gasteiger partial charge in [0.15, 0.2) is 0 Å². The van der Waals surface area contributed by atoms with Crippen LogP contribution in [-0.4, -0.2) is 58.3 Å². The van der Waals surface area contributed by atoms with E-state index in [1.807, 2.05) is 0 Å². The van der Waals surface area contributed by atoms with Gasteiger partial charge in [0.1, 0.15) is 10.6 Å². The minimum absolute atomic E-state index is 0.0487. The molecule has 0 aromatic heterocycles. The maximum Gasteiger partial charge on any atom is 0.245 e. The van der Waals surface area contributed by atoms with Crippen LogP contribution in [0.3, 0.4) is 0 Å². The molecule has 7 nitrogen and oxygen atoms in total. The van der Waals surface area contributed by atoms with E-state index in [9.17, 15) is 13.2 Å². The van der Waals surface area contributed by atoms with E-state index >= 15 is 0 Å². The van der Waals surface area contributed by atoms with E-state index in [-0.39, 0.29) is 23.0 Å². The number of carbonyl (C=O) groups is 1. The number of benzene rings is 1. The highest BCUT2D eigenvalue weighted by Gasteiger charge is 2.25. The van der Waals surface area contributed by atoms with Gasteiger partial charge in [-0.1, -0.05) is 0 Å². The van der Waals surface area contributed by atoms with E-state index in [1.165, 1.54) is 37.3 Å². The number of nitrogens with two attached hydrogens (primary N) is 1. The third-order valence-electron chi connectivity index (χ3n) is 2.76. The Labute approximate surface area is 119 Å². The second-order valence-corrected chi connectivity index (χ2v) is 6.47. The number of methoxy groups -OCH3 is 1. The Morgan fingerprint density at radius 3 is 2.35 bits per heavy atom. The molecule has 20 heavy (non-hydrogen) atoms. The van der Waals surface area contributed by atoms with Crippen LogP contribution < -0.4 is 10.5 Å². The fraction of sp³-hybridized carbons (Fsp3) is 0.417. The summed E-state index contributed by atoms with van der Waals surface area (Å²) in [5.41, 5.74) is 5.81. The Morgan fingerprint density at radius 1 is 1.30 bits per heavy atom. The van der Waals surface area contributed by atoms with Gasteiger partial charge in [-0.25, -0.2) is 8.42 Å². The first kappa shape index (κ1) is 16.3. The van der Waals surface area contributed by atoms with Crippen LogP contribution in [0.15, 0.2) is 23.1 Å². The number of anilines is 1. The molecule has 0 saturated carbocycles. The first-order chi connectivity index (χ1) is 9.20. The number of likely N-dealkylation sites (N-methyl/N-ethyl adjacent to an activating group) is 2. The van der Waals surface area contributed by atoms with Crippen molar-refractivity contribution < 1.29 is 17.9 Å². The summed E-state index contributed by atoms with van der Waals surface area (Å²) in [5.74, 6) is 0.150. The number of amides is 1. The quantitative estimate of drug-likeness (QED) is 0.772. The van der Waals surface area contributed by atoms with Gasteiger partial charge in [0.2, 0.25) is 15.9 Å². The summed E-state index contributed by atoms with van der Waals surface area (Å²) in [6, 6.07) is 4.29. The number of ether oxygens (including phenoxy) is 1. The molecule has 1 amide bonds. The molecular formula is C12H19N3O4S. The lowest BCUT2D eigenvalue weighted by Gasteiger charge is -2.20. The van der Waals surface area contributed by atoms with Gasteiger partial charge in [-0.05, 0) is 12.1 Å². The van der Waals surface area contributed by atoms with Crippen LogP contribution in [0.2, 0.25) is 0 Å². The Bertz CT molecular complexity index is 599. The monoisotopic (exact) mass is 301 g/mol. The van der Waals surface area contributed by atoms with Gasteiger partial charge in [0.25, 0.3) is 0 Å². The van der Waals surface area contributed by atoms with Crippen LogP contribution in [0.25, 0.3) is 0 Å². The SMILES string of the molecule is COc1ccc(S(=O)(=O)N(C)CC(=O)N(C)C)c(N)c1. The van der Waals surface area contributed by atoms with E-state index in [2.05, 4.69) is 0 Å². The first-order valence-corrected chi connectivity index (χ1v) is 7.24. The third-order valence-corrected chi connectivity index (χ3v) is 4.64. The number of hydrogen-bond donors (Lipinski definition) is 1. The normalized spacial score (nSPS) is 11.4. The molecule has 0 aliphatic rings. The standard InChI is InChI=1S/C12H19N3O4S/c1-14(2)12(16)8-15(3)20(17,18)11-6-5-9(19-4)7-10(11)13/h5-7H,8,13H2,1-4H3. The lowest BCUT2D eigenvalue weighted by Crippen LogP contribution is -2.37. The molecule has 1 aromatic carbocycles. The Morgan fingerprint density at radius 2 is 1.90 bits per heavy atom. The average Bonchev–Trinajstić information content (AvgIpc) is 2.37. The minimum Gasteiger partial charge on any atom is -0.497 e. The predicted octanol–water partition coefficient (Wildman–Crippen LogP) is -0.0139. The fourth-order valence-corrected chi connectivity index (χ4v) is 2.69. The van der Waals surface area contributed by atoms with Crippen LogP contribution in [0, 0.1) is 0 Å². The van der Waals surface area contributed by atoms with Crippen LogP contribution in [0.5, 0.6) is 5.75 Å². The molecule has 0 saturated heterocycles. The number of rotatable bonds is 5. The smallest absolute Gasteiger partial charge is 0.245 e. The molecule has 0 heterocycles. The highest BCUT2D eigenvalue weighted by molar-refractivity contribution is 7.89. The molecule has 0 fully saturated rings. The van der Waals surface area contributed by atoms with Crippen molar-refractivity contribution in [3.63, 3.8) is 0 Å². The van der Waals surface area contributed by atoms with E-state index in [0.29, 0.717) is 5.75 Å². The molecule has 8 heteroatoms. The predicted molar refractivity (Wildman–Crippen MR) is 75.9 cm³/mol. The summed E-state index contributed by atoms with van der Waals surface area (Å²) in [7, 11) is 2.10. The molecule has 112 valence electrons. The van der Waals surface area contributed by atoms with E-state index in [1.54, 1.807) is 14.1 Å². The van der Waals surface area contributed by atoms with Crippen molar-refractivity contribution in [1.82, 2.24) is 9.21 Å². The zero-order valence-corrected chi connectivity index (χ0v) is 12.8. The maximum absolute atomic E-state index is 12.3. The molecule has 0 unspecified atom stereocenters. The third kappa shape index (κ3) is 3.40. The van der Waals surface area contributed by atoms with Crippen LogP contribution in [-0.2, 0) is 14.8 Å². The minimum atomic E-state index is -3.82. The molecule has 0 bridgehead atoms. The highest BCUT2D eigenvalue weighted by Crippen LogP contribution is 2.25. The summed E-state index contributed by atoms with van der Waals surface area (Å²) in [4.78, 5) is 12.9. The van der Waals surface area contributed by atoms with Crippen LogP contribution in [0.1, 0.15) is 0 Å². The molecule has 0 aliphatic heterocycles. The fourth-order valence-electron chi connectivity index (χ4n) is 1.47. The largest absolute Gasteiger partial charge is 0.497 e. The number of hydrogen-bond acceptors (Lipinski definition) is 5. The lowest BCUT2D eigenvalue weighted by molar-refractivity contribution is -0.128. The van der Waals surface area contributed by atoms with Crippen molar-refractivity contribution in [1.29, 1.82) is 0 Å². The summed E-state index contributed by atoms with van der Waals surface area (Å²) in [6.45, 7) is -0.249. The van der Waals surface area contributed by atoms with Gasteiger partial charge >= 0.3 is 0 Å². The van der Waals surface area contributed by atoms with Crippen molar-refractivity contribution >= 4 is 21.6 Å². The zero-order chi connectivity index (χ0) is 15.5. The van der Waals surface area contributed by atoms with Gasteiger partial charge in [0.05, 0.1) is 19.3 Å². The Balaban J connectivity index is 3.07. The van der Waals surface area contributed by atoms with E-state index in [4.69, 9.17) is 10.5 Å². The van der Waals surface area contributed by atoms with E-state index in [0.717, 1.165) is 4.31 Å². The molecule has 1 rings (SSSR count). The first-order valence-electron chi connectivity index (χ1n) is 5.80. The van der Waals surface area contributed by atoms with Crippen molar-refractivity contribution in [2.75, 3.05) is 40.5 Å². The second-order valence-electron chi connectivity index (χ2n) is 4.45. The summed E-state index contributed by atoms with van der Waals surface area (Å²) in [6.07, 6.45) is 0. The molecule has 0 spiro atoms. The maximum atomic E-state index is 12.3. The zero-order valence-electron chi connectivity index (χ0n) is 12.0. The van der Waals surface area contributed by atoms with Gasteiger partial charge < -0.3 is 15.4 Å². The Hall–Kier alpha value is -1.80. The molecule has 2 N–H and O–H groups in total. The van der Waals surface area contributed by atoms with Crippen LogP contribution >= 0.6 is 0 Å². The van der Waals surface area contributed by atoms with Gasteiger partial charge in [0, 0.05) is 27.2 Å². The molecule has 1 aromatic rings. The van der Waals surface area contributed by atoms with Crippen molar-refractivity contribution in [3.8, 4) is 5.75 Å². The Kier molecular flexibility index (Phi) is 4.96. The number of nitrogens with zero attached hydrogens (tertiary/aromatic N) is 2. The molecular weight excluding hydrogens is 282 g/mol. The van der Waals surface area contributed by atoms with Gasteiger partial charge in [-0.2, -0.15) is 4.31 Å². The van der Waals surface area contributed by atoms with Crippen molar-refractivity contribution in [2.24, 2.45) is 0 Å². The summed E-state index contributed by atoms with van der Waals surface area (Å²) in [5, 5.41) is 0. The highest BCUT2D eigenvalue weighted by atomic mass is 32.2. The van der Waals surface area contributed by atoms with Crippen LogP contribution in [0.4, 0.5) is 5.69 Å². The van der Waals surface area contributed by atoms with Gasteiger partial charge in [-0.15, -0.1) is 0 Å². The molecule has 0 atom stereocenters. The lowest BCUT2D eigenvalue weighted by atomic mass is 10.3. The topological polar surface area (TPSA) is 92.9 Å². The molecule has 0 aliphatic carbocycles. The second kappa shape index (κ2) is 6.10. The number of nitrogen functional groups attached to an aromatic ring is 1. The van der Waals surface area contributed by atoms with E-state index < -0.39 is 10.0 Å². The molecule has 0 radical (unpaired) electrons. The van der Waals surface area contributed by atoms with Crippen molar-refractivity contribution in [2.45, 2.75) is 4.90 Å². The summed E-state index contributed by atoms with van der Waals surface area (Å²) < 4.78 is 30.6. The number of sulfonamides is 1. The number of carbonyl (C=O) groups excluding carboxylic acids is 1.